The number of anilines is 1. The van der Waals surface area contributed by atoms with Crippen LogP contribution >= 0.6 is 0 Å². The number of benzene rings is 3. The molecule has 3 aromatic rings. The van der Waals surface area contributed by atoms with E-state index in [0.29, 0.717) is 22.7 Å². The third kappa shape index (κ3) is 5.44. The summed E-state index contributed by atoms with van der Waals surface area (Å²) in [4.78, 5) is 24.0. The highest BCUT2D eigenvalue weighted by Gasteiger charge is 2.08. The molecule has 0 aliphatic heterocycles. The van der Waals surface area contributed by atoms with E-state index in [1.54, 1.807) is 60.7 Å². The first-order valence-electron chi connectivity index (χ1n) is 8.47. The van der Waals surface area contributed by atoms with E-state index in [-0.39, 0.29) is 12.5 Å². The van der Waals surface area contributed by atoms with Crippen molar-refractivity contribution in [3.63, 3.8) is 0 Å². The van der Waals surface area contributed by atoms with Gasteiger partial charge in [-0.15, -0.1) is 0 Å². The zero-order valence-electron chi connectivity index (χ0n) is 14.8. The van der Waals surface area contributed by atoms with E-state index in [1.807, 2.05) is 25.1 Å². The quantitative estimate of drug-likeness (QED) is 0.527. The van der Waals surface area contributed by atoms with Crippen molar-refractivity contribution in [2.45, 2.75) is 6.92 Å². The van der Waals surface area contributed by atoms with Crippen molar-refractivity contribution in [1.82, 2.24) is 0 Å². The Morgan fingerprint density at radius 2 is 1.44 bits per heavy atom. The summed E-state index contributed by atoms with van der Waals surface area (Å²) in [5.41, 5.74) is 2.30. The van der Waals surface area contributed by atoms with Crippen molar-refractivity contribution < 1.29 is 19.1 Å². The fraction of sp³-hybridized carbons (Fsp3) is 0.0909. The van der Waals surface area contributed by atoms with Gasteiger partial charge in [-0.2, -0.15) is 0 Å². The lowest BCUT2D eigenvalue weighted by atomic mass is 10.2. The molecule has 3 rings (SSSR count). The number of aryl methyl sites for hydroxylation is 1. The second kappa shape index (κ2) is 8.67. The van der Waals surface area contributed by atoms with Crippen molar-refractivity contribution >= 4 is 17.6 Å². The number of rotatable bonds is 6. The maximum atomic E-state index is 12.1. The van der Waals surface area contributed by atoms with Crippen molar-refractivity contribution in [3.05, 3.63) is 90.0 Å². The molecule has 1 N–H and O–H groups in total. The Morgan fingerprint density at radius 1 is 0.815 bits per heavy atom. The molecular weight excluding hydrogens is 342 g/mol. The summed E-state index contributed by atoms with van der Waals surface area (Å²) < 4.78 is 10.6. The zero-order chi connectivity index (χ0) is 19.1. The predicted molar refractivity (Wildman–Crippen MR) is 103 cm³/mol. The van der Waals surface area contributed by atoms with Crippen LogP contribution in [0, 0.1) is 6.92 Å². The topological polar surface area (TPSA) is 64.6 Å². The number of nitrogens with one attached hydrogen (secondary N) is 1. The first-order valence-corrected chi connectivity index (χ1v) is 8.47. The van der Waals surface area contributed by atoms with Crippen LogP contribution in [-0.2, 0) is 4.79 Å². The van der Waals surface area contributed by atoms with Gasteiger partial charge in [0.2, 0.25) is 0 Å². The lowest BCUT2D eigenvalue weighted by molar-refractivity contribution is -0.136. The third-order valence-electron chi connectivity index (χ3n) is 3.76. The lowest BCUT2D eigenvalue weighted by Crippen LogP contribution is -2.17. The molecule has 0 atom stereocenters. The Morgan fingerprint density at radius 3 is 2.11 bits per heavy atom. The number of amides is 1. The van der Waals surface area contributed by atoms with Crippen LogP contribution in [0.5, 0.6) is 11.5 Å². The number of ether oxygens (including phenoxy) is 2. The van der Waals surface area contributed by atoms with Gasteiger partial charge >= 0.3 is 5.97 Å². The minimum atomic E-state index is -0.503. The Kier molecular flexibility index (Phi) is 5.84. The van der Waals surface area contributed by atoms with E-state index >= 15 is 0 Å². The van der Waals surface area contributed by atoms with Crippen LogP contribution in [0.1, 0.15) is 15.9 Å². The third-order valence-corrected chi connectivity index (χ3v) is 3.76. The summed E-state index contributed by atoms with van der Waals surface area (Å²) in [7, 11) is 0. The zero-order valence-corrected chi connectivity index (χ0v) is 14.8. The number of hydrogen-bond acceptors (Lipinski definition) is 4. The molecule has 1 amide bonds. The average molecular weight is 361 g/mol. The molecule has 0 saturated heterocycles. The molecule has 3 aromatic carbocycles. The van der Waals surface area contributed by atoms with Crippen LogP contribution in [0.4, 0.5) is 5.69 Å². The molecule has 0 fully saturated rings. The van der Waals surface area contributed by atoms with Gasteiger partial charge in [-0.05, 0) is 55.5 Å². The molecule has 5 heteroatoms. The molecule has 27 heavy (non-hydrogen) atoms. The Labute approximate surface area is 157 Å². The van der Waals surface area contributed by atoms with Gasteiger partial charge in [0.15, 0.2) is 6.61 Å². The van der Waals surface area contributed by atoms with Crippen LogP contribution in [0.15, 0.2) is 78.9 Å². The molecular formula is C22H19NO4. The summed E-state index contributed by atoms with van der Waals surface area (Å²) in [5.74, 6) is 0.283. The first-order chi connectivity index (χ1) is 13.1. The van der Waals surface area contributed by atoms with Gasteiger partial charge in [0.05, 0.1) is 0 Å². The minimum Gasteiger partial charge on any atom is -0.482 e. The molecule has 0 heterocycles. The van der Waals surface area contributed by atoms with Crippen LogP contribution < -0.4 is 14.8 Å². The van der Waals surface area contributed by atoms with Gasteiger partial charge in [0.1, 0.15) is 11.5 Å². The van der Waals surface area contributed by atoms with Crippen molar-refractivity contribution in [2.24, 2.45) is 0 Å². The highest BCUT2D eigenvalue weighted by atomic mass is 16.6. The maximum Gasteiger partial charge on any atom is 0.349 e. The van der Waals surface area contributed by atoms with E-state index in [0.717, 1.165) is 5.56 Å². The fourth-order valence-corrected chi connectivity index (χ4v) is 2.34. The largest absolute Gasteiger partial charge is 0.482 e. The molecule has 0 saturated carbocycles. The molecule has 0 aliphatic rings. The second-order valence-corrected chi connectivity index (χ2v) is 5.92. The van der Waals surface area contributed by atoms with E-state index in [9.17, 15) is 9.59 Å². The summed E-state index contributed by atoms with van der Waals surface area (Å²) in [6.07, 6.45) is 0. The highest BCUT2D eigenvalue weighted by molar-refractivity contribution is 6.04. The van der Waals surface area contributed by atoms with E-state index in [4.69, 9.17) is 9.47 Å². The normalized spacial score (nSPS) is 10.1. The lowest BCUT2D eigenvalue weighted by Gasteiger charge is -2.08. The van der Waals surface area contributed by atoms with Gasteiger partial charge in [0.25, 0.3) is 5.91 Å². The summed E-state index contributed by atoms with van der Waals surface area (Å²) >= 11 is 0. The monoisotopic (exact) mass is 361 g/mol. The Hall–Kier alpha value is -3.60. The van der Waals surface area contributed by atoms with Crippen LogP contribution in [0.3, 0.4) is 0 Å². The number of hydrogen-bond donors (Lipinski definition) is 1. The number of carbonyl (C=O) groups excluding carboxylic acids is 2. The van der Waals surface area contributed by atoms with Crippen molar-refractivity contribution in [3.8, 4) is 11.5 Å². The SMILES string of the molecule is Cc1ccc(OCC(=O)Oc2ccc(NC(=O)c3ccccc3)cc2)cc1. The van der Waals surface area contributed by atoms with Crippen LogP contribution in [0.25, 0.3) is 0 Å². The van der Waals surface area contributed by atoms with Gasteiger partial charge < -0.3 is 14.8 Å². The predicted octanol–water partition coefficient (Wildman–Crippen LogP) is 4.23. The summed E-state index contributed by atoms with van der Waals surface area (Å²) in [6, 6.07) is 22.9. The van der Waals surface area contributed by atoms with E-state index in [2.05, 4.69) is 5.32 Å². The summed E-state index contributed by atoms with van der Waals surface area (Å²) in [5, 5.41) is 2.79. The second-order valence-electron chi connectivity index (χ2n) is 5.92. The minimum absolute atomic E-state index is 0.185. The standard InChI is InChI=1S/C22H19NO4/c1-16-7-11-19(12-8-16)26-15-21(24)27-20-13-9-18(10-14-20)23-22(25)17-5-3-2-4-6-17/h2-14H,15H2,1H3,(H,23,25). The fourth-order valence-electron chi connectivity index (χ4n) is 2.34. The number of carbonyl (C=O) groups is 2. The van der Waals surface area contributed by atoms with Crippen LogP contribution in [-0.4, -0.2) is 18.5 Å². The van der Waals surface area contributed by atoms with Gasteiger partial charge in [-0.1, -0.05) is 35.9 Å². The first kappa shape index (κ1) is 18.2. The molecule has 0 aromatic heterocycles. The van der Waals surface area contributed by atoms with Crippen LogP contribution in [0.2, 0.25) is 0 Å². The molecule has 0 aliphatic carbocycles. The van der Waals surface area contributed by atoms with Gasteiger partial charge in [-0.3, -0.25) is 4.79 Å². The molecule has 0 spiro atoms. The van der Waals surface area contributed by atoms with Gasteiger partial charge in [0, 0.05) is 11.3 Å². The Balaban J connectivity index is 1.50. The van der Waals surface area contributed by atoms with E-state index < -0.39 is 5.97 Å². The summed E-state index contributed by atoms with van der Waals surface area (Å²) in [6.45, 7) is 1.79. The molecule has 5 nitrogen and oxygen atoms in total. The highest BCUT2D eigenvalue weighted by Crippen LogP contribution is 2.17. The molecule has 0 unspecified atom stereocenters. The molecule has 0 radical (unpaired) electrons. The number of esters is 1. The molecule has 136 valence electrons. The van der Waals surface area contributed by atoms with Crippen molar-refractivity contribution in [2.75, 3.05) is 11.9 Å². The average Bonchev–Trinajstić information content (AvgIpc) is 2.70. The van der Waals surface area contributed by atoms with Gasteiger partial charge in [-0.25, -0.2) is 4.79 Å². The van der Waals surface area contributed by atoms with Crippen molar-refractivity contribution in [1.29, 1.82) is 0 Å². The molecule has 0 bridgehead atoms. The maximum absolute atomic E-state index is 12.1. The van der Waals surface area contributed by atoms with E-state index in [1.165, 1.54) is 0 Å². The smallest absolute Gasteiger partial charge is 0.349 e. The Bertz CT molecular complexity index is 903.